The number of hydrogen-bond acceptors (Lipinski definition) is 5. The maximum Gasteiger partial charge on any atom is 0.248 e. The number of unbranched alkanes of at least 4 members (excludes halogenated alkanes) is 1. The molecule has 0 unspecified atom stereocenters. The lowest BCUT2D eigenvalue weighted by molar-refractivity contribution is -0.132. The lowest BCUT2D eigenvalue weighted by Gasteiger charge is -2.31. The highest BCUT2D eigenvalue weighted by atomic mass is 16.5. The molecule has 1 fully saturated rings. The van der Waals surface area contributed by atoms with Gasteiger partial charge in [0, 0.05) is 49.6 Å². The molecule has 1 aromatic heterocycles. The monoisotopic (exact) mass is 499 g/mol. The molecule has 2 aromatic rings. The number of carbonyl (C=O) groups is 1. The molecule has 7 heteroatoms. The lowest BCUT2D eigenvalue weighted by Crippen LogP contribution is -2.42. The molecule has 0 atom stereocenters. The Hall–Kier alpha value is -2.38. The quantitative estimate of drug-likeness (QED) is 0.372. The van der Waals surface area contributed by atoms with Crippen LogP contribution in [0.25, 0.3) is 10.9 Å². The van der Waals surface area contributed by atoms with Gasteiger partial charge in [0.1, 0.15) is 5.75 Å². The number of fused-ring (bicyclic) bond motifs is 1. The third kappa shape index (κ3) is 9.58. The minimum atomic E-state index is -0.111. The number of nitrogens with zero attached hydrogens (tertiary/aromatic N) is 2. The zero-order valence-corrected chi connectivity index (χ0v) is 22.1. The molecular formula is C29H45N3O4. The van der Waals surface area contributed by atoms with Crippen molar-refractivity contribution in [1.29, 1.82) is 0 Å². The van der Waals surface area contributed by atoms with E-state index < -0.39 is 0 Å². The van der Waals surface area contributed by atoms with Gasteiger partial charge in [-0.2, -0.15) is 0 Å². The van der Waals surface area contributed by atoms with Crippen LogP contribution in [0.2, 0.25) is 0 Å². The highest BCUT2D eigenvalue weighted by molar-refractivity contribution is 5.79. The molecule has 200 valence electrons. The Morgan fingerprint density at radius 1 is 1.03 bits per heavy atom. The third-order valence-corrected chi connectivity index (χ3v) is 7.35. The van der Waals surface area contributed by atoms with Crippen LogP contribution >= 0.6 is 0 Å². The number of benzene rings is 1. The van der Waals surface area contributed by atoms with Gasteiger partial charge in [-0.1, -0.05) is 39.0 Å². The summed E-state index contributed by atoms with van der Waals surface area (Å²) in [6, 6.07) is 8.97. The molecule has 1 heterocycles. The van der Waals surface area contributed by atoms with E-state index in [2.05, 4.69) is 21.7 Å². The minimum Gasteiger partial charge on any atom is -0.494 e. The van der Waals surface area contributed by atoms with E-state index in [-0.39, 0.29) is 18.1 Å². The average molecular weight is 500 g/mol. The Labute approximate surface area is 215 Å². The maximum absolute atomic E-state index is 13.2. The maximum atomic E-state index is 13.2. The summed E-state index contributed by atoms with van der Waals surface area (Å²) in [4.78, 5) is 31.8. The summed E-state index contributed by atoms with van der Waals surface area (Å²) in [7, 11) is 0. The van der Waals surface area contributed by atoms with Gasteiger partial charge >= 0.3 is 0 Å². The number of carbonyl (C=O) groups excluding carboxylic acids is 1. The Morgan fingerprint density at radius 3 is 2.56 bits per heavy atom. The second-order valence-electron chi connectivity index (χ2n) is 10.1. The van der Waals surface area contributed by atoms with E-state index in [0.717, 1.165) is 55.7 Å². The van der Waals surface area contributed by atoms with Gasteiger partial charge in [0.15, 0.2) is 0 Å². The highest BCUT2D eigenvalue weighted by Gasteiger charge is 2.20. The second kappa shape index (κ2) is 15.7. The van der Waals surface area contributed by atoms with Crippen molar-refractivity contribution in [3.63, 3.8) is 0 Å². The summed E-state index contributed by atoms with van der Waals surface area (Å²) in [5.41, 5.74) is 0.686. The first kappa shape index (κ1) is 28.2. The first-order valence-electron chi connectivity index (χ1n) is 14.0. The lowest BCUT2D eigenvalue weighted by atomic mass is 9.90. The molecule has 7 nitrogen and oxygen atoms in total. The Bertz CT molecular complexity index is 968. The van der Waals surface area contributed by atoms with Crippen molar-refractivity contribution in [1.82, 2.24) is 14.8 Å². The van der Waals surface area contributed by atoms with E-state index in [4.69, 9.17) is 4.74 Å². The zero-order valence-electron chi connectivity index (χ0n) is 22.1. The standard InChI is InChI=1S/C29H45N3O4/c1-2-31(19-20-33)17-18-32(23-24-10-6-4-3-5-7-11-24)29(35)12-8-9-21-36-26-14-15-27-25(22-26)13-16-28(34)30-27/h13-16,22,24,33H,2-12,17-21,23H2,1H3,(H,30,34). The van der Waals surface area contributed by atoms with Crippen LogP contribution in [0.4, 0.5) is 0 Å². The number of H-pyrrole nitrogens is 1. The third-order valence-electron chi connectivity index (χ3n) is 7.35. The number of aromatic nitrogens is 1. The first-order chi connectivity index (χ1) is 17.6. The van der Waals surface area contributed by atoms with E-state index in [1.54, 1.807) is 6.07 Å². The fourth-order valence-electron chi connectivity index (χ4n) is 5.13. The van der Waals surface area contributed by atoms with Gasteiger partial charge in [0.05, 0.1) is 13.2 Å². The van der Waals surface area contributed by atoms with Crippen LogP contribution in [0.15, 0.2) is 35.1 Å². The van der Waals surface area contributed by atoms with Crippen LogP contribution in [0.3, 0.4) is 0 Å². The minimum absolute atomic E-state index is 0.111. The van der Waals surface area contributed by atoms with E-state index in [1.165, 1.54) is 51.0 Å². The fourth-order valence-corrected chi connectivity index (χ4v) is 5.13. The van der Waals surface area contributed by atoms with E-state index >= 15 is 0 Å². The van der Waals surface area contributed by atoms with E-state index in [0.29, 0.717) is 25.5 Å². The van der Waals surface area contributed by atoms with Crippen LogP contribution in [0.5, 0.6) is 5.75 Å². The number of aliphatic hydroxyl groups is 1. The van der Waals surface area contributed by atoms with E-state index in [9.17, 15) is 14.7 Å². The molecule has 0 aliphatic heterocycles. The predicted octanol–water partition coefficient (Wildman–Crippen LogP) is 4.58. The van der Waals surface area contributed by atoms with Crippen molar-refractivity contribution in [2.75, 3.05) is 45.9 Å². The Morgan fingerprint density at radius 2 is 1.81 bits per heavy atom. The summed E-state index contributed by atoms with van der Waals surface area (Å²) in [5, 5.41) is 10.3. The largest absolute Gasteiger partial charge is 0.494 e. The Balaban J connectivity index is 1.47. The highest BCUT2D eigenvalue weighted by Crippen LogP contribution is 2.24. The number of rotatable bonds is 14. The van der Waals surface area contributed by atoms with Gasteiger partial charge in [-0.3, -0.25) is 14.5 Å². The summed E-state index contributed by atoms with van der Waals surface area (Å²) in [6.45, 7) is 6.77. The Kier molecular flexibility index (Phi) is 12.3. The second-order valence-corrected chi connectivity index (χ2v) is 10.1. The molecule has 1 aliphatic carbocycles. The molecule has 0 saturated heterocycles. The summed E-state index contributed by atoms with van der Waals surface area (Å²) < 4.78 is 5.91. The number of amides is 1. The summed E-state index contributed by atoms with van der Waals surface area (Å²) in [6.07, 6.45) is 11.2. The predicted molar refractivity (Wildman–Crippen MR) is 146 cm³/mol. The molecule has 1 amide bonds. The van der Waals surface area contributed by atoms with Crippen LogP contribution in [0.1, 0.15) is 71.1 Å². The summed E-state index contributed by atoms with van der Waals surface area (Å²) >= 11 is 0. The molecule has 1 saturated carbocycles. The number of nitrogens with one attached hydrogen (secondary N) is 1. The van der Waals surface area contributed by atoms with Crippen LogP contribution < -0.4 is 10.3 Å². The molecule has 0 bridgehead atoms. The molecule has 1 aromatic carbocycles. The number of likely N-dealkylation sites (N-methyl/N-ethyl adjacent to an activating group) is 1. The average Bonchev–Trinajstić information content (AvgIpc) is 2.86. The summed E-state index contributed by atoms with van der Waals surface area (Å²) in [5.74, 6) is 1.62. The molecule has 0 radical (unpaired) electrons. The first-order valence-corrected chi connectivity index (χ1v) is 14.0. The van der Waals surface area contributed by atoms with Gasteiger partial charge in [-0.25, -0.2) is 0 Å². The topological polar surface area (TPSA) is 85.9 Å². The van der Waals surface area contributed by atoms with Crippen molar-refractivity contribution < 1.29 is 14.6 Å². The van der Waals surface area contributed by atoms with Crippen molar-refractivity contribution >= 4 is 16.8 Å². The van der Waals surface area contributed by atoms with Gasteiger partial charge in [0.2, 0.25) is 11.5 Å². The molecule has 36 heavy (non-hydrogen) atoms. The number of aliphatic hydroxyl groups excluding tert-OH is 1. The van der Waals surface area contributed by atoms with Gasteiger partial charge < -0.3 is 19.7 Å². The molecule has 0 spiro atoms. The number of hydrogen-bond donors (Lipinski definition) is 2. The van der Waals surface area contributed by atoms with Crippen molar-refractivity contribution in [3.8, 4) is 5.75 Å². The number of aromatic amines is 1. The number of pyridine rings is 1. The van der Waals surface area contributed by atoms with Crippen molar-refractivity contribution in [3.05, 3.63) is 40.7 Å². The van der Waals surface area contributed by atoms with E-state index in [1.807, 2.05) is 18.2 Å². The van der Waals surface area contributed by atoms with Gasteiger partial charge in [0.25, 0.3) is 0 Å². The smallest absolute Gasteiger partial charge is 0.248 e. The molecule has 1 aliphatic rings. The SMILES string of the molecule is CCN(CCO)CCN(CC1CCCCCCC1)C(=O)CCCCOc1ccc2[nH]c(=O)ccc2c1. The molecular weight excluding hydrogens is 454 g/mol. The molecule has 3 rings (SSSR count). The van der Waals surface area contributed by atoms with Crippen LogP contribution in [-0.4, -0.2) is 71.7 Å². The van der Waals surface area contributed by atoms with Crippen molar-refractivity contribution in [2.45, 2.75) is 71.1 Å². The normalized spacial score (nSPS) is 15.1. The van der Waals surface area contributed by atoms with Crippen molar-refractivity contribution in [2.24, 2.45) is 5.92 Å². The number of ether oxygens (including phenoxy) is 1. The van der Waals surface area contributed by atoms with Crippen LogP contribution in [-0.2, 0) is 4.79 Å². The molecule has 2 N–H and O–H groups in total. The fraction of sp³-hybridized carbons (Fsp3) is 0.655. The van der Waals surface area contributed by atoms with Gasteiger partial charge in [-0.15, -0.1) is 0 Å². The van der Waals surface area contributed by atoms with Crippen LogP contribution in [0, 0.1) is 5.92 Å². The van der Waals surface area contributed by atoms with Gasteiger partial charge in [-0.05, 0) is 62.4 Å². The zero-order chi connectivity index (χ0) is 25.6.